The Morgan fingerprint density at radius 1 is 1.03 bits per heavy atom. The summed E-state index contributed by atoms with van der Waals surface area (Å²) in [4.78, 5) is 17.5. The summed E-state index contributed by atoms with van der Waals surface area (Å²) < 4.78 is 2.26. The molecule has 3 aromatic rings. The highest BCUT2D eigenvalue weighted by Crippen LogP contribution is 2.23. The maximum Gasteiger partial charge on any atom is 0.253 e. The van der Waals surface area contributed by atoms with Gasteiger partial charge in [0, 0.05) is 6.54 Å². The number of para-hydroxylation sites is 2. The third-order valence-electron chi connectivity index (χ3n) is 5.27. The predicted octanol–water partition coefficient (Wildman–Crippen LogP) is 6.54. The van der Waals surface area contributed by atoms with Gasteiger partial charge in [0.1, 0.15) is 5.82 Å². The van der Waals surface area contributed by atoms with Crippen molar-refractivity contribution in [3.63, 3.8) is 0 Å². The zero-order chi connectivity index (χ0) is 20.6. The first-order valence-electron chi connectivity index (χ1n) is 10.6. The van der Waals surface area contributed by atoms with Crippen LogP contribution in [0.1, 0.15) is 74.6 Å². The lowest BCUT2D eigenvalue weighted by Crippen LogP contribution is -2.29. The highest BCUT2D eigenvalue weighted by Gasteiger charge is 2.19. The van der Waals surface area contributed by atoms with Crippen molar-refractivity contribution in [1.82, 2.24) is 14.9 Å². The fraction of sp³-hybridized carbons (Fsp3) is 0.417. The summed E-state index contributed by atoms with van der Waals surface area (Å²) in [6, 6.07) is 15.1. The number of carbonyl (C=O) groups excluding carboxylic acids is 1. The van der Waals surface area contributed by atoms with E-state index in [1.54, 1.807) is 12.1 Å². The molecule has 29 heavy (non-hydrogen) atoms. The fourth-order valence-corrected chi connectivity index (χ4v) is 3.92. The molecule has 0 spiro atoms. The van der Waals surface area contributed by atoms with E-state index in [1.807, 2.05) is 37.3 Å². The van der Waals surface area contributed by atoms with Crippen LogP contribution in [0.15, 0.2) is 48.5 Å². The lowest BCUT2D eigenvalue weighted by molar-refractivity contribution is 0.0938. The molecule has 3 rings (SSSR count). The number of aromatic nitrogens is 2. The van der Waals surface area contributed by atoms with Gasteiger partial charge in [-0.15, -0.1) is 0 Å². The molecule has 2 aromatic carbocycles. The summed E-state index contributed by atoms with van der Waals surface area (Å²) in [6.45, 7) is 5.13. The van der Waals surface area contributed by atoms with Gasteiger partial charge in [0.25, 0.3) is 5.91 Å². The molecule has 0 bridgehead atoms. The van der Waals surface area contributed by atoms with Crippen LogP contribution in [0, 0.1) is 0 Å². The number of amides is 1. The van der Waals surface area contributed by atoms with Crippen molar-refractivity contribution in [2.45, 2.75) is 65.0 Å². The lowest BCUT2D eigenvalue weighted by Gasteiger charge is -2.17. The molecule has 0 saturated heterocycles. The van der Waals surface area contributed by atoms with Gasteiger partial charge in [0.2, 0.25) is 0 Å². The van der Waals surface area contributed by atoms with Crippen molar-refractivity contribution in [2.24, 2.45) is 0 Å². The Bertz CT molecular complexity index is 950. The first-order chi connectivity index (χ1) is 14.1. The van der Waals surface area contributed by atoms with E-state index < -0.39 is 0 Å². The molecular formula is C24H30ClN3O. The summed E-state index contributed by atoms with van der Waals surface area (Å²) in [5, 5.41) is 3.52. The fourth-order valence-electron chi connectivity index (χ4n) is 3.69. The number of fused-ring (bicyclic) bond motifs is 1. The minimum atomic E-state index is -0.216. The number of hydrogen-bond acceptors (Lipinski definition) is 2. The molecule has 154 valence electrons. The Labute approximate surface area is 178 Å². The molecule has 0 fully saturated rings. The number of unbranched alkanes of at least 4 members (excludes halogenated alkanes) is 5. The van der Waals surface area contributed by atoms with Gasteiger partial charge in [-0.25, -0.2) is 4.98 Å². The average molecular weight is 412 g/mol. The number of nitrogens with one attached hydrogen (secondary N) is 1. The molecular weight excluding hydrogens is 382 g/mol. The molecule has 0 aliphatic carbocycles. The van der Waals surface area contributed by atoms with Crippen molar-refractivity contribution in [2.75, 3.05) is 0 Å². The Morgan fingerprint density at radius 3 is 2.52 bits per heavy atom. The molecule has 5 heteroatoms. The summed E-state index contributed by atoms with van der Waals surface area (Å²) >= 11 is 6.18. The van der Waals surface area contributed by atoms with Crippen molar-refractivity contribution in [1.29, 1.82) is 0 Å². The van der Waals surface area contributed by atoms with Crippen LogP contribution in [-0.4, -0.2) is 15.5 Å². The zero-order valence-electron chi connectivity index (χ0n) is 17.3. The minimum Gasteiger partial charge on any atom is -0.342 e. The Kier molecular flexibility index (Phi) is 7.70. The molecule has 1 heterocycles. The number of aryl methyl sites for hydroxylation is 1. The van der Waals surface area contributed by atoms with Gasteiger partial charge in [-0.2, -0.15) is 0 Å². The van der Waals surface area contributed by atoms with Gasteiger partial charge < -0.3 is 9.88 Å². The molecule has 4 nitrogen and oxygen atoms in total. The van der Waals surface area contributed by atoms with E-state index in [1.165, 1.54) is 32.1 Å². The number of imidazole rings is 1. The Morgan fingerprint density at radius 2 is 1.72 bits per heavy atom. The number of benzene rings is 2. The van der Waals surface area contributed by atoms with Crippen molar-refractivity contribution in [3.05, 3.63) is 64.9 Å². The Hall–Kier alpha value is -2.33. The smallest absolute Gasteiger partial charge is 0.253 e. The van der Waals surface area contributed by atoms with Crippen LogP contribution in [0.4, 0.5) is 0 Å². The normalized spacial score (nSPS) is 12.2. The SMILES string of the molecule is CCCCCCCCn1c(C(C)NC(=O)c2ccccc2Cl)nc2ccccc21. The average Bonchev–Trinajstić information content (AvgIpc) is 3.09. The van der Waals surface area contributed by atoms with Gasteiger partial charge in [-0.3, -0.25) is 4.79 Å². The van der Waals surface area contributed by atoms with Crippen LogP contribution in [0.3, 0.4) is 0 Å². The summed E-state index contributed by atoms with van der Waals surface area (Å²) in [7, 11) is 0. The van der Waals surface area contributed by atoms with Crippen LogP contribution in [0.25, 0.3) is 11.0 Å². The highest BCUT2D eigenvalue weighted by molar-refractivity contribution is 6.33. The third kappa shape index (κ3) is 5.39. The zero-order valence-corrected chi connectivity index (χ0v) is 18.1. The minimum absolute atomic E-state index is 0.179. The standard InChI is InChI=1S/C24H30ClN3O/c1-3-4-5-6-7-12-17-28-22-16-11-10-15-21(22)27-23(28)18(2)26-24(29)19-13-8-9-14-20(19)25/h8-11,13-16,18H,3-7,12,17H2,1-2H3,(H,26,29). The van der Waals surface area contributed by atoms with Gasteiger partial charge in [0.05, 0.1) is 27.7 Å². The quantitative estimate of drug-likeness (QED) is 0.385. The largest absolute Gasteiger partial charge is 0.342 e. The van der Waals surface area contributed by atoms with Crippen LogP contribution in [0.2, 0.25) is 5.02 Å². The van der Waals surface area contributed by atoms with Crippen LogP contribution in [-0.2, 0) is 6.54 Å². The second-order valence-electron chi connectivity index (χ2n) is 7.55. The topological polar surface area (TPSA) is 46.9 Å². The first kappa shape index (κ1) is 21.4. The van der Waals surface area contributed by atoms with Crippen molar-refractivity contribution < 1.29 is 4.79 Å². The van der Waals surface area contributed by atoms with Gasteiger partial charge in [-0.1, -0.05) is 74.9 Å². The molecule has 1 aromatic heterocycles. The summed E-state index contributed by atoms with van der Waals surface area (Å²) in [5.74, 6) is 0.710. The maximum absolute atomic E-state index is 12.7. The lowest BCUT2D eigenvalue weighted by atomic mass is 10.1. The van der Waals surface area contributed by atoms with E-state index in [-0.39, 0.29) is 11.9 Å². The molecule has 0 saturated carbocycles. The van der Waals surface area contributed by atoms with E-state index >= 15 is 0 Å². The summed E-state index contributed by atoms with van der Waals surface area (Å²) in [5.41, 5.74) is 2.57. The second kappa shape index (κ2) is 10.4. The number of nitrogens with zero attached hydrogens (tertiary/aromatic N) is 2. The third-order valence-corrected chi connectivity index (χ3v) is 5.60. The molecule has 0 aliphatic heterocycles. The van der Waals surface area contributed by atoms with Gasteiger partial charge in [0.15, 0.2) is 0 Å². The monoisotopic (exact) mass is 411 g/mol. The second-order valence-corrected chi connectivity index (χ2v) is 7.96. The number of halogens is 1. The predicted molar refractivity (Wildman–Crippen MR) is 120 cm³/mol. The van der Waals surface area contributed by atoms with Crippen LogP contribution in [0.5, 0.6) is 0 Å². The van der Waals surface area contributed by atoms with Gasteiger partial charge >= 0.3 is 0 Å². The van der Waals surface area contributed by atoms with E-state index in [4.69, 9.17) is 16.6 Å². The molecule has 1 atom stereocenters. The van der Waals surface area contributed by atoms with Crippen molar-refractivity contribution in [3.8, 4) is 0 Å². The first-order valence-corrected chi connectivity index (χ1v) is 11.0. The molecule has 0 aliphatic rings. The molecule has 1 amide bonds. The van der Waals surface area contributed by atoms with Crippen LogP contribution >= 0.6 is 11.6 Å². The number of carbonyl (C=O) groups is 1. The highest BCUT2D eigenvalue weighted by atomic mass is 35.5. The number of rotatable bonds is 10. The van der Waals surface area contributed by atoms with Gasteiger partial charge in [-0.05, 0) is 37.6 Å². The molecule has 0 radical (unpaired) electrons. The van der Waals surface area contributed by atoms with E-state index in [0.29, 0.717) is 10.6 Å². The summed E-state index contributed by atoms with van der Waals surface area (Å²) in [6.07, 6.45) is 7.48. The molecule has 1 unspecified atom stereocenters. The number of hydrogen-bond donors (Lipinski definition) is 1. The van der Waals surface area contributed by atoms with Crippen LogP contribution < -0.4 is 5.32 Å². The Balaban J connectivity index is 1.75. The van der Waals surface area contributed by atoms with E-state index in [2.05, 4.69) is 22.9 Å². The van der Waals surface area contributed by atoms with E-state index in [9.17, 15) is 4.79 Å². The van der Waals surface area contributed by atoms with Crippen molar-refractivity contribution >= 4 is 28.5 Å². The molecule has 1 N–H and O–H groups in total. The maximum atomic E-state index is 12.7. The van der Waals surface area contributed by atoms with E-state index in [0.717, 1.165) is 29.8 Å².